The standard InChI is InChI=1S/C21H37N.ClH/c1-4-22(5-2)19-15-11-9-7-6-8-10-12-17-21-18-14-13-16-20(21)3;/h13-14,16,18H,4-12,15,17,19H2,1-3H3;1H. The normalized spacial score (nSPS) is 10.8. The van der Waals surface area contributed by atoms with Crippen LogP contribution in [-0.4, -0.2) is 24.5 Å². The molecule has 0 aliphatic heterocycles. The minimum absolute atomic E-state index is 0. The molecule has 0 atom stereocenters. The summed E-state index contributed by atoms with van der Waals surface area (Å²) in [6.07, 6.45) is 12.5. The quantitative estimate of drug-likeness (QED) is 0.375. The summed E-state index contributed by atoms with van der Waals surface area (Å²) in [4.78, 5) is 2.53. The van der Waals surface area contributed by atoms with E-state index in [0.717, 1.165) is 0 Å². The van der Waals surface area contributed by atoms with E-state index < -0.39 is 0 Å². The van der Waals surface area contributed by atoms with Gasteiger partial charge in [0.15, 0.2) is 0 Å². The van der Waals surface area contributed by atoms with Crippen LogP contribution in [0.2, 0.25) is 0 Å². The first kappa shape index (κ1) is 22.5. The van der Waals surface area contributed by atoms with Gasteiger partial charge in [0, 0.05) is 0 Å². The molecule has 0 heterocycles. The van der Waals surface area contributed by atoms with Gasteiger partial charge in [-0.25, -0.2) is 0 Å². The fraction of sp³-hybridized carbons (Fsp3) is 0.714. The maximum Gasteiger partial charge on any atom is -0.00190 e. The van der Waals surface area contributed by atoms with Gasteiger partial charge in [0.05, 0.1) is 0 Å². The molecule has 2 heteroatoms. The average Bonchev–Trinajstić information content (AvgIpc) is 2.54. The Bertz CT molecular complexity index is 374. The van der Waals surface area contributed by atoms with Gasteiger partial charge in [0.2, 0.25) is 0 Å². The summed E-state index contributed by atoms with van der Waals surface area (Å²) in [5, 5.41) is 0. The van der Waals surface area contributed by atoms with Crippen molar-refractivity contribution in [3.8, 4) is 0 Å². The van der Waals surface area contributed by atoms with Crippen molar-refractivity contribution in [1.29, 1.82) is 0 Å². The van der Waals surface area contributed by atoms with Crippen LogP contribution in [0.3, 0.4) is 0 Å². The summed E-state index contributed by atoms with van der Waals surface area (Å²) >= 11 is 0. The molecule has 0 unspecified atom stereocenters. The first-order valence-corrected chi connectivity index (χ1v) is 9.54. The predicted molar refractivity (Wildman–Crippen MR) is 107 cm³/mol. The molecule has 23 heavy (non-hydrogen) atoms. The number of hydrogen-bond donors (Lipinski definition) is 0. The van der Waals surface area contributed by atoms with Crippen molar-refractivity contribution in [2.75, 3.05) is 19.6 Å². The van der Waals surface area contributed by atoms with Crippen LogP contribution in [0.1, 0.15) is 76.3 Å². The number of halogens is 1. The minimum atomic E-state index is 0. The molecular weight excluding hydrogens is 302 g/mol. The predicted octanol–water partition coefficient (Wildman–Crippen LogP) is 6.42. The molecule has 1 aromatic rings. The van der Waals surface area contributed by atoms with Crippen molar-refractivity contribution in [3.05, 3.63) is 35.4 Å². The highest BCUT2D eigenvalue weighted by Crippen LogP contribution is 2.14. The summed E-state index contributed by atoms with van der Waals surface area (Å²) in [6.45, 7) is 10.5. The van der Waals surface area contributed by atoms with Crippen molar-refractivity contribution < 1.29 is 0 Å². The van der Waals surface area contributed by atoms with E-state index in [4.69, 9.17) is 0 Å². The highest BCUT2D eigenvalue weighted by Gasteiger charge is 1.99. The van der Waals surface area contributed by atoms with Crippen LogP contribution in [0.4, 0.5) is 0 Å². The number of hydrogen-bond acceptors (Lipinski definition) is 1. The molecule has 134 valence electrons. The highest BCUT2D eigenvalue weighted by molar-refractivity contribution is 5.85. The van der Waals surface area contributed by atoms with E-state index in [1.54, 1.807) is 5.56 Å². The van der Waals surface area contributed by atoms with Gasteiger partial charge < -0.3 is 4.90 Å². The van der Waals surface area contributed by atoms with Crippen molar-refractivity contribution in [2.24, 2.45) is 0 Å². The zero-order valence-corrected chi connectivity index (χ0v) is 16.5. The van der Waals surface area contributed by atoms with Gasteiger partial charge >= 0.3 is 0 Å². The molecule has 0 aliphatic rings. The Morgan fingerprint density at radius 3 is 1.83 bits per heavy atom. The fourth-order valence-electron chi connectivity index (χ4n) is 3.14. The molecule has 0 radical (unpaired) electrons. The van der Waals surface area contributed by atoms with Gasteiger partial charge in [0.25, 0.3) is 0 Å². The maximum absolute atomic E-state index is 2.53. The summed E-state index contributed by atoms with van der Waals surface area (Å²) in [5.41, 5.74) is 3.00. The average molecular weight is 340 g/mol. The second-order valence-electron chi connectivity index (χ2n) is 6.53. The van der Waals surface area contributed by atoms with Crippen molar-refractivity contribution in [2.45, 2.75) is 78.6 Å². The molecule has 0 aliphatic carbocycles. The summed E-state index contributed by atoms with van der Waals surface area (Å²) in [7, 11) is 0. The molecule has 0 N–H and O–H groups in total. The third-order valence-corrected chi connectivity index (χ3v) is 4.83. The number of aryl methyl sites for hydroxylation is 2. The van der Waals surface area contributed by atoms with Gasteiger partial charge in [-0.05, 0) is 56.9 Å². The third kappa shape index (κ3) is 10.8. The van der Waals surface area contributed by atoms with Crippen LogP contribution in [0.15, 0.2) is 24.3 Å². The Morgan fingerprint density at radius 1 is 0.739 bits per heavy atom. The second kappa shape index (κ2) is 15.0. The maximum atomic E-state index is 2.53. The monoisotopic (exact) mass is 339 g/mol. The molecule has 0 saturated heterocycles. The van der Waals surface area contributed by atoms with Gasteiger partial charge in [-0.15, -0.1) is 12.4 Å². The van der Waals surface area contributed by atoms with Crippen molar-refractivity contribution in [1.82, 2.24) is 4.90 Å². The van der Waals surface area contributed by atoms with Gasteiger partial charge in [-0.2, -0.15) is 0 Å². The van der Waals surface area contributed by atoms with E-state index in [9.17, 15) is 0 Å². The van der Waals surface area contributed by atoms with Crippen LogP contribution in [0.25, 0.3) is 0 Å². The molecule has 1 aromatic carbocycles. The van der Waals surface area contributed by atoms with Gasteiger partial charge in [-0.3, -0.25) is 0 Å². The lowest BCUT2D eigenvalue weighted by Gasteiger charge is -2.17. The molecule has 1 rings (SSSR count). The lowest BCUT2D eigenvalue weighted by atomic mass is 10.0. The largest absolute Gasteiger partial charge is 0.304 e. The first-order valence-electron chi connectivity index (χ1n) is 9.54. The molecule has 0 fully saturated rings. The van der Waals surface area contributed by atoms with Gasteiger partial charge in [0.1, 0.15) is 0 Å². The SMILES string of the molecule is CCN(CC)CCCCCCCCCCc1ccccc1C.Cl. The van der Waals surface area contributed by atoms with Crippen LogP contribution in [-0.2, 0) is 6.42 Å². The van der Waals surface area contributed by atoms with Gasteiger partial charge in [-0.1, -0.05) is 76.6 Å². The second-order valence-corrected chi connectivity index (χ2v) is 6.53. The summed E-state index contributed by atoms with van der Waals surface area (Å²) in [6, 6.07) is 8.82. The highest BCUT2D eigenvalue weighted by atomic mass is 35.5. The Labute approximate surface area is 151 Å². The lowest BCUT2D eigenvalue weighted by Crippen LogP contribution is -2.23. The molecular formula is C21H38ClN. The Hall–Kier alpha value is -0.530. The smallest absolute Gasteiger partial charge is 0.00190 e. The van der Waals surface area contributed by atoms with E-state index in [2.05, 4.69) is 49.9 Å². The molecule has 1 nitrogen and oxygen atoms in total. The van der Waals surface area contributed by atoms with Crippen LogP contribution in [0.5, 0.6) is 0 Å². The van der Waals surface area contributed by atoms with E-state index in [1.807, 2.05) is 0 Å². The summed E-state index contributed by atoms with van der Waals surface area (Å²) in [5.74, 6) is 0. The third-order valence-electron chi connectivity index (χ3n) is 4.83. The molecule has 0 aromatic heterocycles. The van der Waals surface area contributed by atoms with E-state index in [1.165, 1.54) is 83.0 Å². The van der Waals surface area contributed by atoms with Crippen LogP contribution in [0, 0.1) is 6.92 Å². The number of unbranched alkanes of at least 4 members (excludes halogenated alkanes) is 7. The molecule has 0 spiro atoms. The van der Waals surface area contributed by atoms with Crippen molar-refractivity contribution >= 4 is 12.4 Å². The zero-order valence-electron chi connectivity index (χ0n) is 15.7. The first-order chi connectivity index (χ1) is 10.8. The molecule has 0 bridgehead atoms. The number of benzene rings is 1. The molecule has 0 saturated carbocycles. The lowest BCUT2D eigenvalue weighted by molar-refractivity contribution is 0.295. The fourth-order valence-corrected chi connectivity index (χ4v) is 3.14. The van der Waals surface area contributed by atoms with Crippen LogP contribution < -0.4 is 0 Å². The number of rotatable bonds is 13. The summed E-state index contributed by atoms with van der Waals surface area (Å²) < 4.78 is 0. The Kier molecular flexibility index (Phi) is 14.7. The van der Waals surface area contributed by atoms with E-state index >= 15 is 0 Å². The Morgan fingerprint density at radius 2 is 1.26 bits per heavy atom. The Balaban J connectivity index is 0.00000484. The molecule has 0 amide bonds. The van der Waals surface area contributed by atoms with E-state index in [0.29, 0.717) is 0 Å². The van der Waals surface area contributed by atoms with Crippen LogP contribution >= 0.6 is 12.4 Å². The number of nitrogens with zero attached hydrogens (tertiary/aromatic N) is 1. The minimum Gasteiger partial charge on any atom is -0.304 e. The topological polar surface area (TPSA) is 3.24 Å². The zero-order chi connectivity index (χ0) is 16.0. The van der Waals surface area contributed by atoms with E-state index in [-0.39, 0.29) is 12.4 Å². The van der Waals surface area contributed by atoms with Crippen molar-refractivity contribution in [3.63, 3.8) is 0 Å².